The third-order valence-corrected chi connectivity index (χ3v) is 15.2. The molecule has 64 heavy (non-hydrogen) atoms. The fourth-order valence-electron chi connectivity index (χ4n) is 8.99. The van der Waals surface area contributed by atoms with Crippen LogP contribution in [-0.2, 0) is 37.3 Å². The van der Waals surface area contributed by atoms with Crippen molar-refractivity contribution in [1.29, 1.82) is 0 Å². The van der Waals surface area contributed by atoms with Gasteiger partial charge in [-0.3, -0.25) is 9.97 Å². The van der Waals surface area contributed by atoms with Gasteiger partial charge < -0.3 is 0 Å². The number of thiophene rings is 2. The Morgan fingerprint density at radius 3 is 1.95 bits per heavy atom. The molecule has 11 rings (SSSR count). The first-order chi connectivity index (χ1) is 30.3. The molecule has 0 saturated heterocycles. The Kier molecular flexibility index (Phi) is 10.3. The number of aromatic nitrogens is 4. The van der Waals surface area contributed by atoms with Crippen molar-refractivity contribution < 1.29 is 21.1 Å². The zero-order valence-corrected chi connectivity index (χ0v) is 41.0. The van der Waals surface area contributed by atoms with Crippen LogP contribution in [-0.4, -0.2) is 19.9 Å². The first kappa shape index (κ1) is 42.3. The average Bonchev–Trinajstić information content (AvgIpc) is 3.88. The predicted octanol–water partition coefficient (Wildman–Crippen LogP) is 15.8. The standard InChI is InChI=1S/C57H46N4S2.Pt/c1-55(2,3)37-28-30-43-41(32-37)48-51(62-43)49(42-31-36-24-16-17-25-38(36)45-44(34-20-11-9-12-21-34)52(56(4,5)6)63-50(42)45)61-54(60-48)57(7,8)53-58-46(35-22-13-10-14-23-35)40-29-27-33-19-15-18-26-39(33)47(40)59-53;/h9-22,24-30,32H,1-8H3;/q-2;+2. The fraction of sp³-hybridized carbons (Fsp3) is 0.193. The van der Waals surface area contributed by atoms with E-state index < -0.39 is 5.41 Å². The molecular formula is C57H46N4PtS2. The van der Waals surface area contributed by atoms with E-state index in [2.05, 4.69) is 183 Å². The van der Waals surface area contributed by atoms with Gasteiger partial charge in [-0.05, 0) is 74.7 Å². The molecule has 0 N–H and O–H groups in total. The second-order valence-electron chi connectivity index (χ2n) is 19.3. The molecule has 7 aromatic carbocycles. The van der Waals surface area contributed by atoms with Gasteiger partial charge in [0.1, 0.15) is 11.6 Å². The molecule has 0 aliphatic carbocycles. The molecule has 0 aliphatic rings. The molecule has 0 radical (unpaired) electrons. The summed E-state index contributed by atoms with van der Waals surface area (Å²) in [5, 5.41) is 7.84. The summed E-state index contributed by atoms with van der Waals surface area (Å²) in [7, 11) is 0. The van der Waals surface area contributed by atoms with E-state index in [9.17, 15) is 0 Å². The van der Waals surface area contributed by atoms with Crippen LogP contribution in [0.4, 0.5) is 0 Å². The van der Waals surface area contributed by atoms with Crippen molar-refractivity contribution in [3.8, 4) is 33.6 Å². The first-order valence-corrected chi connectivity index (χ1v) is 23.3. The normalized spacial score (nSPS) is 12.6. The zero-order valence-electron chi connectivity index (χ0n) is 37.1. The van der Waals surface area contributed by atoms with E-state index in [1.165, 1.54) is 41.7 Å². The summed E-state index contributed by atoms with van der Waals surface area (Å²) in [6.45, 7) is 18.1. The monoisotopic (exact) mass is 1050 g/mol. The molecule has 0 saturated carbocycles. The molecule has 0 unspecified atom stereocenters. The summed E-state index contributed by atoms with van der Waals surface area (Å²) >= 11 is 3.65. The second-order valence-corrected chi connectivity index (χ2v) is 21.4. The van der Waals surface area contributed by atoms with Crippen LogP contribution in [0.15, 0.2) is 133 Å². The van der Waals surface area contributed by atoms with Gasteiger partial charge in [-0.1, -0.05) is 149 Å². The fourth-order valence-corrected chi connectivity index (χ4v) is 11.5. The molecular weight excluding hydrogens is 1000 g/mol. The quantitative estimate of drug-likeness (QED) is 0.127. The molecule has 4 aromatic heterocycles. The van der Waals surface area contributed by atoms with Gasteiger partial charge in [-0.25, -0.2) is 9.97 Å². The number of rotatable bonds is 5. The number of hydrogen-bond acceptors (Lipinski definition) is 6. The molecule has 316 valence electrons. The van der Waals surface area contributed by atoms with Crippen LogP contribution in [0.25, 0.3) is 96.5 Å². The summed E-state index contributed by atoms with van der Waals surface area (Å²) < 4.78 is 3.42. The molecule has 7 heteroatoms. The van der Waals surface area contributed by atoms with E-state index >= 15 is 0 Å². The van der Waals surface area contributed by atoms with Gasteiger partial charge in [0.15, 0.2) is 0 Å². The van der Waals surface area contributed by atoms with Gasteiger partial charge >= 0.3 is 21.1 Å². The van der Waals surface area contributed by atoms with Crippen LogP contribution in [0.5, 0.6) is 0 Å². The molecule has 4 heterocycles. The Bertz CT molecular complexity index is 3610. The number of benzene rings is 7. The van der Waals surface area contributed by atoms with Gasteiger partial charge in [0, 0.05) is 30.7 Å². The SMILES string of the molecule is CC(C)(C)c1ccc2sc3c(-c4[c-]c5ccccc5c5c(-c6ccccc6)c(C(C)(C)C)sc45)nc(C(C)(C)c4nc(-c5[c-]cccc5)c5ccc6ccccc6c5n4)nc3c2c1.[Pt+2]. The van der Waals surface area contributed by atoms with E-state index in [4.69, 9.17) is 19.9 Å². The summed E-state index contributed by atoms with van der Waals surface area (Å²) in [6.07, 6.45) is 0. The molecule has 0 bridgehead atoms. The Morgan fingerprint density at radius 2 is 1.22 bits per heavy atom. The minimum atomic E-state index is -0.829. The van der Waals surface area contributed by atoms with Gasteiger partial charge in [0.05, 0.1) is 16.4 Å². The Balaban J connectivity index is 0.00000484. The van der Waals surface area contributed by atoms with Crippen LogP contribution in [0.2, 0.25) is 0 Å². The van der Waals surface area contributed by atoms with Crippen molar-refractivity contribution in [2.75, 3.05) is 0 Å². The van der Waals surface area contributed by atoms with Gasteiger partial charge in [0.25, 0.3) is 0 Å². The number of nitrogens with zero attached hydrogens (tertiary/aromatic N) is 4. The smallest absolute Gasteiger partial charge is 0.281 e. The predicted molar refractivity (Wildman–Crippen MR) is 268 cm³/mol. The van der Waals surface area contributed by atoms with Crippen molar-refractivity contribution in [2.45, 2.75) is 71.6 Å². The molecule has 0 amide bonds. The van der Waals surface area contributed by atoms with Crippen molar-refractivity contribution in [3.05, 3.63) is 168 Å². The number of hydrogen-bond donors (Lipinski definition) is 0. The van der Waals surface area contributed by atoms with Crippen molar-refractivity contribution >= 4 is 85.5 Å². The van der Waals surface area contributed by atoms with Gasteiger partial charge in [0.2, 0.25) is 0 Å². The minimum absolute atomic E-state index is 0. The summed E-state index contributed by atoms with van der Waals surface area (Å²) in [5.74, 6) is 1.32. The largest absolute Gasteiger partial charge is 2.00 e. The van der Waals surface area contributed by atoms with Gasteiger partial charge in [-0.15, -0.1) is 64.8 Å². The number of fused-ring (bicyclic) bond motifs is 9. The van der Waals surface area contributed by atoms with Crippen molar-refractivity contribution in [2.24, 2.45) is 0 Å². The maximum absolute atomic E-state index is 5.75. The molecule has 0 atom stereocenters. The van der Waals surface area contributed by atoms with E-state index in [-0.39, 0.29) is 31.9 Å². The Labute approximate surface area is 396 Å². The topological polar surface area (TPSA) is 51.6 Å². The minimum Gasteiger partial charge on any atom is -0.281 e. The summed E-state index contributed by atoms with van der Waals surface area (Å²) in [6, 6.07) is 54.8. The summed E-state index contributed by atoms with van der Waals surface area (Å²) in [4.78, 5) is 23.6. The van der Waals surface area contributed by atoms with E-state index in [0.29, 0.717) is 11.6 Å². The van der Waals surface area contributed by atoms with E-state index in [1.54, 1.807) is 11.3 Å². The van der Waals surface area contributed by atoms with E-state index in [1.807, 2.05) is 29.5 Å². The molecule has 0 fully saturated rings. The molecule has 4 nitrogen and oxygen atoms in total. The molecule has 11 aromatic rings. The average molecular weight is 1050 g/mol. The van der Waals surface area contributed by atoms with Crippen molar-refractivity contribution in [3.63, 3.8) is 0 Å². The third kappa shape index (κ3) is 6.88. The second kappa shape index (κ2) is 15.5. The maximum atomic E-state index is 5.75. The van der Waals surface area contributed by atoms with Crippen LogP contribution >= 0.6 is 22.7 Å². The Hall–Kier alpha value is -5.65. The zero-order chi connectivity index (χ0) is 43.4. The van der Waals surface area contributed by atoms with Crippen LogP contribution in [0.3, 0.4) is 0 Å². The first-order valence-electron chi connectivity index (χ1n) is 21.6. The Morgan fingerprint density at radius 1 is 0.531 bits per heavy atom. The van der Waals surface area contributed by atoms with Crippen LogP contribution in [0, 0.1) is 12.1 Å². The van der Waals surface area contributed by atoms with Crippen molar-refractivity contribution in [1.82, 2.24) is 19.9 Å². The van der Waals surface area contributed by atoms with E-state index in [0.717, 1.165) is 65.2 Å². The van der Waals surface area contributed by atoms with Crippen LogP contribution in [0.1, 0.15) is 77.5 Å². The molecule has 0 aliphatic heterocycles. The van der Waals surface area contributed by atoms with Crippen LogP contribution < -0.4 is 0 Å². The van der Waals surface area contributed by atoms with Gasteiger partial charge in [-0.2, -0.15) is 11.3 Å². The maximum Gasteiger partial charge on any atom is 2.00 e. The summed E-state index contributed by atoms with van der Waals surface area (Å²) in [5.41, 5.74) is 8.29. The molecule has 0 spiro atoms. The third-order valence-electron chi connectivity index (χ3n) is 12.4.